The van der Waals surface area contributed by atoms with E-state index in [2.05, 4.69) is 9.88 Å². The zero-order chi connectivity index (χ0) is 30.3. The predicted molar refractivity (Wildman–Crippen MR) is 165 cm³/mol. The van der Waals surface area contributed by atoms with Gasteiger partial charge in [0.25, 0.3) is 5.56 Å². The lowest BCUT2D eigenvalue weighted by atomic mass is 9.90. The number of rotatable bonds is 10. The molecule has 1 aromatic heterocycles. The van der Waals surface area contributed by atoms with Crippen LogP contribution in [-0.2, 0) is 32.3 Å². The first-order valence-corrected chi connectivity index (χ1v) is 14.6. The summed E-state index contributed by atoms with van der Waals surface area (Å²) in [5.74, 6) is -1.02. The normalized spacial score (nSPS) is 14.0. The van der Waals surface area contributed by atoms with Gasteiger partial charge in [-0.2, -0.15) is 0 Å². The second kappa shape index (κ2) is 13.6. The highest BCUT2D eigenvalue weighted by Gasteiger charge is 2.23. The SMILES string of the molecule is CC(=O)N1CCN(c2ccc3ncn(CC(=O)CC(CC(=O)OCc4ccccc4)c4ccc(Cl)cc4)c(=O)c3c2)CC1. The second-order valence-corrected chi connectivity index (χ2v) is 11.2. The molecule has 1 atom stereocenters. The smallest absolute Gasteiger partial charge is 0.306 e. The Morgan fingerprint density at radius 2 is 1.65 bits per heavy atom. The lowest BCUT2D eigenvalue weighted by Gasteiger charge is -2.35. The number of halogens is 1. The summed E-state index contributed by atoms with van der Waals surface area (Å²) in [6, 6.07) is 21.9. The molecule has 10 heteroatoms. The van der Waals surface area contributed by atoms with Crippen LogP contribution < -0.4 is 10.5 Å². The molecule has 1 aliphatic rings. The van der Waals surface area contributed by atoms with Crippen LogP contribution in [0.1, 0.15) is 36.8 Å². The van der Waals surface area contributed by atoms with Gasteiger partial charge in [0.1, 0.15) is 6.61 Å². The summed E-state index contributed by atoms with van der Waals surface area (Å²) >= 11 is 6.08. The third-order valence-corrected chi connectivity index (χ3v) is 7.97. The molecular formula is C33H33ClN4O5. The van der Waals surface area contributed by atoms with E-state index in [1.54, 1.807) is 48.2 Å². The maximum Gasteiger partial charge on any atom is 0.306 e. The predicted octanol–water partition coefficient (Wildman–Crippen LogP) is 4.59. The highest BCUT2D eigenvalue weighted by molar-refractivity contribution is 6.30. The second-order valence-electron chi connectivity index (χ2n) is 10.7. The molecule has 1 saturated heterocycles. The first kappa shape index (κ1) is 30.0. The van der Waals surface area contributed by atoms with Gasteiger partial charge in [-0.15, -0.1) is 0 Å². The Kier molecular flexibility index (Phi) is 9.51. The maximum atomic E-state index is 13.4. The number of piperazine rings is 1. The Bertz CT molecular complexity index is 1660. The topological polar surface area (TPSA) is 102 Å². The molecule has 2 heterocycles. The monoisotopic (exact) mass is 600 g/mol. The molecule has 1 unspecified atom stereocenters. The number of hydrogen-bond acceptors (Lipinski definition) is 7. The van der Waals surface area contributed by atoms with Gasteiger partial charge in [0.05, 0.1) is 30.2 Å². The van der Waals surface area contributed by atoms with Crippen LogP contribution >= 0.6 is 11.6 Å². The van der Waals surface area contributed by atoms with Gasteiger partial charge in [0.2, 0.25) is 5.91 Å². The van der Waals surface area contributed by atoms with Crippen LogP contribution in [0.2, 0.25) is 5.02 Å². The molecular weight excluding hydrogens is 568 g/mol. The van der Waals surface area contributed by atoms with Gasteiger partial charge in [-0.25, -0.2) is 4.98 Å². The largest absolute Gasteiger partial charge is 0.461 e. The number of ether oxygens (including phenoxy) is 1. The molecule has 3 aromatic carbocycles. The number of fused-ring (bicyclic) bond motifs is 1. The number of benzene rings is 3. The molecule has 0 aliphatic carbocycles. The van der Waals surface area contributed by atoms with Crippen molar-refractivity contribution in [2.45, 2.75) is 38.8 Å². The van der Waals surface area contributed by atoms with Crippen molar-refractivity contribution in [1.82, 2.24) is 14.5 Å². The van der Waals surface area contributed by atoms with Gasteiger partial charge in [0, 0.05) is 56.2 Å². The van der Waals surface area contributed by atoms with Crippen LogP contribution in [0.25, 0.3) is 10.9 Å². The van der Waals surface area contributed by atoms with Gasteiger partial charge < -0.3 is 14.5 Å². The maximum absolute atomic E-state index is 13.4. The minimum Gasteiger partial charge on any atom is -0.461 e. The molecule has 0 spiro atoms. The molecule has 4 aromatic rings. The van der Waals surface area contributed by atoms with Gasteiger partial charge in [0.15, 0.2) is 5.78 Å². The van der Waals surface area contributed by atoms with E-state index in [1.807, 2.05) is 36.4 Å². The molecule has 222 valence electrons. The van der Waals surface area contributed by atoms with Gasteiger partial charge in [-0.3, -0.25) is 23.7 Å². The van der Waals surface area contributed by atoms with Crippen molar-refractivity contribution in [3.05, 3.63) is 106 Å². The minimum absolute atomic E-state index is 0.00528. The summed E-state index contributed by atoms with van der Waals surface area (Å²) in [5, 5.41) is 0.968. The molecule has 1 fully saturated rings. The van der Waals surface area contributed by atoms with Crippen LogP contribution in [0, 0.1) is 0 Å². The third kappa shape index (κ3) is 7.67. The van der Waals surface area contributed by atoms with Crippen LogP contribution in [0.15, 0.2) is 83.9 Å². The Morgan fingerprint density at radius 3 is 2.35 bits per heavy atom. The van der Waals surface area contributed by atoms with Crippen LogP contribution in [0.3, 0.4) is 0 Å². The molecule has 0 bridgehead atoms. The lowest BCUT2D eigenvalue weighted by Crippen LogP contribution is -2.48. The quantitative estimate of drug-likeness (QED) is 0.245. The van der Waals surface area contributed by atoms with Crippen molar-refractivity contribution in [3.8, 4) is 0 Å². The van der Waals surface area contributed by atoms with Crippen LogP contribution in [-0.4, -0.2) is 58.3 Å². The van der Waals surface area contributed by atoms with Crippen molar-refractivity contribution in [2.24, 2.45) is 0 Å². The lowest BCUT2D eigenvalue weighted by molar-refractivity contribution is -0.145. The summed E-state index contributed by atoms with van der Waals surface area (Å²) in [7, 11) is 0. The Hall–Kier alpha value is -4.50. The van der Waals surface area contributed by atoms with E-state index >= 15 is 0 Å². The number of aromatic nitrogens is 2. The molecule has 0 saturated carbocycles. The zero-order valence-corrected chi connectivity index (χ0v) is 24.7. The van der Waals surface area contributed by atoms with Crippen LogP contribution in [0.4, 0.5) is 5.69 Å². The average Bonchev–Trinajstić information content (AvgIpc) is 3.02. The van der Waals surface area contributed by atoms with E-state index in [-0.39, 0.29) is 43.2 Å². The molecule has 43 heavy (non-hydrogen) atoms. The molecule has 5 rings (SSSR count). The fraction of sp³-hybridized carbons (Fsp3) is 0.303. The number of ketones is 1. The number of carbonyl (C=O) groups is 3. The number of amides is 1. The summed E-state index contributed by atoms with van der Waals surface area (Å²) in [6.45, 7) is 4.10. The molecule has 9 nitrogen and oxygen atoms in total. The number of hydrogen-bond donors (Lipinski definition) is 0. The van der Waals surface area contributed by atoms with Crippen molar-refractivity contribution >= 4 is 45.9 Å². The first-order valence-electron chi connectivity index (χ1n) is 14.2. The van der Waals surface area contributed by atoms with Gasteiger partial charge in [-0.05, 0) is 41.5 Å². The first-order chi connectivity index (χ1) is 20.8. The number of esters is 1. The summed E-state index contributed by atoms with van der Waals surface area (Å²) in [6.07, 6.45) is 1.43. The summed E-state index contributed by atoms with van der Waals surface area (Å²) in [4.78, 5) is 59.6. The number of anilines is 1. The summed E-state index contributed by atoms with van der Waals surface area (Å²) < 4.78 is 6.80. The third-order valence-electron chi connectivity index (χ3n) is 7.72. The van der Waals surface area contributed by atoms with E-state index < -0.39 is 11.9 Å². The fourth-order valence-electron chi connectivity index (χ4n) is 5.31. The summed E-state index contributed by atoms with van der Waals surface area (Å²) in [5.41, 5.74) is 2.76. The van der Waals surface area contributed by atoms with Gasteiger partial charge >= 0.3 is 5.97 Å². The highest BCUT2D eigenvalue weighted by atomic mass is 35.5. The fourth-order valence-corrected chi connectivity index (χ4v) is 5.43. The number of Topliss-reactive ketones (excluding diaryl/α,β-unsaturated/α-hetero) is 1. The standard InChI is InChI=1S/C33H33ClN4O5/c1-23(39)36-13-15-37(16-14-36)28-11-12-31-30(19-28)33(42)38(22-35-31)20-29(40)17-26(25-7-9-27(34)10-8-25)18-32(41)43-21-24-5-3-2-4-6-24/h2-12,19,22,26H,13-18,20-21H2,1H3. The molecule has 1 aliphatic heterocycles. The van der Waals surface area contributed by atoms with Gasteiger partial charge in [-0.1, -0.05) is 54.1 Å². The van der Waals surface area contributed by atoms with Crippen molar-refractivity contribution in [2.75, 3.05) is 31.1 Å². The van der Waals surface area contributed by atoms with Crippen LogP contribution in [0.5, 0.6) is 0 Å². The molecule has 0 N–H and O–H groups in total. The van der Waals surface area contributed by atoms with E-state index in [0.29, 0.717) is 42.1 Å². The van der Waals surface area contributed by atoms with E-state index in [1.165, 1.54) is 10.9 Å². The van der Waals surface area contributed by atoms with E-state index in [9.17, 15) is 19.2 Å². The Morgan fingerprint density at radius 1 is 0.930 bits per heavy atom. The minimum atomic E-state index is -0.447. The highest BCUT2D eigenvalue weighted by Crippen LogP contribution is 2.27. The van der Waals surface area contributed by atoms with E-state index in [4.69, 9.17) is 16.3 Å². The number of carbonyl (C=O) groups excluding carboxylic acids is 3. The van der Waals surface area contributed by atoms with Crippen molar-refractivity contribution in [1.29, 1.82) is 0 Å². The average molecular weight is 601 g/mol. The van der Waals surface area contributed by atoms with E-state index in [0.717, 1.165) is 16.8 Å². The van der Waals surface area contributed by atoms with Crippen molar-refractivity contribution in [3.63, 3.8) is 0 Å². The Labute approximate surface area is 254 Å². The van der Waals surface area contributed by atoms with Crippen molar-refractivity contribution < 1.29 is 19.1 Å². The zero-order valence-electron chi connectivity index (χ0n) is 23.9. The molecule has 0 radical (unpaired) electrons. The number of nitrogens with zero attached hydrogens (tertiary/aromatic N) is 4. The Balaban J connectivity index is 1.29. The molecule has 1 amide bonds.